The molecule has 0 bridgehead atoms. The summed E-state index contributed by atoms with van der Waals surface area (Å²) in [7, 11) is 1.62. The van der Waals surface area contributed by atoms with E-state index >= 15 is 0 Å². The molecule has 1 aliphatic rings. The number of likely N-dealkylation sites (tertiary alicyclic amines) is 1. The van der Waals surface area contributed by atoms with E-state index in [1.165, 1.54) is 6.26 Å². The molecular weight excluding hydrogens is 374 g/mol. The summed E-state index contributed by atoms with van der Waals surface area (Å²) in [6, 6.07) is 5.11. The summed E-state index contributed by atoms with van der Waals surface area (Å²) < 4.78 is 12.6. The van der Waals surface area contributed by atoms with Crippen molar-refractivity contribution in [2.45, 2.75) is 38.5 Å². The van der Waals surface area contributed by atoms with Gasteiger partial charge in [0.25, 0.3) is 0 Å². The SMILES string of the molecule is COCCn1nnnc1C(c1coc2ccc(C)cc2c1=O)N1CCC(O)CC1. The fraction of sp³-hybridized carbons (Fsp3) is 0.500. The number of aromatic nitrogens is 4. The fourth-order valence-corrected chi connectivity index (χ4v) is 3.84. The Kier molecular flexibility index (Phi) is 5.70. The van der Waals surface area contributed by atoms with Crippen LogP contribution >= 0.6 is 0 Å². The average Bonchev–Trinajstić information content (AvgIpc) is 3.18. The molecule has 0 radical (unpaired) electrons. The minimum Gasteiger partial charge on any atom is -0.464 e. The first-order valence-electron chi connectivity index (χ1n) is 9.77. The zero-order valence-corrected chi connectivity index (χ0v) is 16.6. The average molecular weight is 399 g/mol. The standard InChI is InChI=1S/C20H25N5O4/c1-13-3-4-17-15(11-13)19(27)16(12-29-17)18(24-7-5-14(26)6-8-24)20-21-22-23-25(20)9-10-28-2/h3-4,11-12,14,18,26H,5-10H2,1-2H3. The van der Waals surface area contributed by atoms with Crippen molar-refractivity contribution >= 4 is 11.0 Å². The summed E-state index contributed by atoms with van der Waals surface area (Å²) in [6.07, 6.45) is 2.46. The van der Waals surface area contributed by atoms with Crippen molar-refractivity contribution in [1.29, 1.82) is 0 Å². The van der Waals surface area contributed by atoms with Crippen LogP contribution < -0.4 is 5.43 Å². The molecule has 0 amide bonds. The largest absolute Gasteiger partial charge is 0.464 e. The Balaban J connectivity index is 1.83. The molecule has 1 saturated heterocycles. The van der Waals surface area contributed by atoms with Gasteiger partial charge in [-0.15, -0.1) is 5.10 Å². The van der Waals surface area contributed by atoms with Gasteiger partial charge in [-0.1, -0.05) is 11.6 Å². The van der Waals surface area contributed by atoms with Gasteiger partial charge in [0.2, 0.25) is 0 Å². The molecular formula is C20H25N5O4. The van der Waals surface area contributed by atoms with E-state index < -0.39 is 6.04 Å². The number of methoxy groups -OCH3 is 1. The molecule has 4 rings (SSSR count). The molecule has 1 N–H and O–H groups in total. The number of benzene rings is 1. The highest BCUT2D eigenvalue weighted by Gasteiger charge is 2.33. The van der Waals surface area contributed by atoms with Gasteiger partial charge >= 0.3 is 0 Å². The molecule has 1 aliphatic heterocycles. The van der Waals surface area contributed by atoms with Crippen molar-refractivity contribution in [3.8, 4) is 0 Å². The molecule has 0 aliphatic carbocycles. The topological polar surface area (TPSA) is 107 Å². The summed E-state index contributed by atoms with van der Waals surface area (Å²) >= 11 is 0. The molecule has 2 aromatic heterocycles. The van der Waals surface area contributed by atoms with Crippen LogP contribution in [-0.2, 0) is 11.3 Å². The summed E-state index contributed by atoms with van der Waals surface area (Å²) in [4.78, 5) is 15.5. The van der Waals surface area contributed by atoms with Gasteiger partial charge in [0.15, 0.2) is 11.3 Å². The Bertz CT molecular complexity index is 1040. The van der Waals surface area contributed by atoms with Gasteiger partial charge in [-0.3, -0.25) is 9.69 Å². The molecule has 9 nitrogen and oxygen atoms in total. The predicted molar refractivity (Wildman–Crippen MR) is 106 cm³/mol. The Labute approximate surface area is 167 Å². The zero-order valence-electron chi connectivity index (χ0n) is 16.6. The lowest BCUT2D eigenvalue weighted by atomic mass is 9.99. The van der Waals surface area contributed by atoms with E-state index in [9.17, 15) is 9.90 Å². The van der Waals surface area contributed by atoms with E-state index in [-0.39, 0.29) is 11.5 Å². The van der Waals surface area contributed by atoms with Crippen LogP contribution in [-0.4, -0.2) is 63.1 Å². The molecule has 3 aromatic rings. The number of ether oxygens (including phenoxy) is 1. The molecule has 1 fully saturated rings. The van der Waals surface area contributed by atoms with Crippen LogP contribution in [0.2, 0.25) is 0 Å². The third-order valence-electron chi connectivity index (χ3n) is 5.42. The monoisotopic (exact) mass is 399 g/mol. The number of piperidine rings is 1. The van der Waals surface area contributed by atoms with Crippen molar-refractivity contribution in [2.75, 3.05) is 26.8 Å². The highest BCUT2D eigenvalue weighted by atomic mass is 16.5. The number of nitrogens with zero attached hydrogens (tertiary/aromatic N) is 5. The van der Waals surface area contributed by atoms with Crippen molar-refractivity contribution in [1.82, 2.24) is 25.1 Å². The molecule has 9 heteroatoms. The molecule has 154 valence electrons. The van der Waals surface area contributed by atoms with Crippen LogP contribution in [0.15, 0.2) is 33.7 Å². The van der Waals surface area contributed by atoms with Gasteiger partial charge in [-0.05, 0) is 42.3 Å². The first-order valence-corrected chi connectivity index (χ1v) is 9.77. The van der Waals surface area contributed by atoms with Gasteiger partial charge < -0.3 is 14.3 Å². The third-order valence-corrected chi connectivity index (χ3v) is 5.42. The van der Waals surface area contributed by atoms with E-state index in [1.807, 2.05) is 25.1 Å². The zero-order chi connectivity index (χ0) is 20.4. The van der Waals surface area contributed by atoms with Gasteiger partial charge in [-0.25, -0.2) is 4.68 Å². The lowest BCUT2D eigenvalue weighted by Crippen LogP contribution is -2.41. The normalized spacial score (nSPS) is 17.1. The smallest absolute Gasteiger partial charge is 0.197 e. The number of rotatable bonds is 6. The maximum Gasteiger partial charge on any atom is 0.197 e. The number of hydrogen-bond acceptors (Lipinski definition) is 8. The Morgan fingerprint density at radius 2 is 2.14 bits per heavy atom. The predicted octanol–water partition coefficient (Wildman–Crippen LogP) is 1.28. The Morgan fingerprint density at radius 3 is 2.90 bits per heavy atom. The molecule has 29 heavy (non-hydrogen) atoms. The first-order chi connectivity index (χ1) is 14.1. The minimum atomic E-state index is -0.462. The van der Waals surface area contributed by atoms with Gasteiger partial charge in [0.1, 0.15) is 17.9 Å². The lowest BCUT2D eigenvalue weighted by molar-refractivity contribution is 0.0651. The number of tetrazole rings is 1. The maximum absolute atomic E-state index is 13.4. The van der Waals surface area contributed by atoms with Crippen molar-refractivity contribution in [3.63, 3.8) is 0 Å². The van der Waals surface area contributed by atoms with Crippen LogP contribution in [0.3, 0.4) is 0 Å². The van der Waals surface area contributed by atoms with Crippen LogP contribution in [0, 0.1) is 6.92 Å². The molecule has 1 unspecified atom stereocenters. The molecule has 3 heterocycles. The summed E-state index contributed by atoms with van der Waals surface area (Å²) in [5, 5.41) is 22.6. The molecule has 1 aromatic carbocycles. The van der Waals surface area contributed by atoms with Crippen LogP contribution in [0.25, 0.3) is 11.0 Å². The number of aliphatic hydroxyl groups is 1. The van der Waals surface area contributed by atoms with Crippen LogP contribution in [0.4, 0.5) is 0 Å². The Hall–Kier alpha value is -2.62. The molecule has 0 spiro atoms. The number of aryl methyl sites for hydroxylation is 1. The van der Waals surface area contributed by atoms with E-state index in [0.29, 0.717) is 61.4 Å². The fourth-order valence-electron chi connectivity index (χ4n) is 3.84. The van der Waals surface area contributed by atoms with Crippen LogP contribution in [0.1, 0.15) is 35.8 Å². The lowest BCUT2D eigenvalue weighted by Gasteiger charge is -2.35. The maximum atomic E-state index is 13.4. The summed E-state index contributed by atoms with van der Waals surface area (Å²) in [6.45, 7) is 4.14. The van der Waals surface area contributed by atoms with E-state index in [4.69, 9.17) is 9.15 Å². The van der Waals surface area contributed by atoms with Gasteiger partial charge in [0.05, 0.1) is 30.2 Å². The van der Waals surface area contributed by atoms with Crippen LogP contribution in [0.5, 0.6) is 0 Å². The highest BCUT2D eigenvalue weighted by molar-refractivity contribution is 5.77. The summed E-state index contributed by atoms with van der Waals surface area (Å²) in [5.74, 6) is 0.567. The highest BCUT2D eigenvalue weighted by Crippen LogP contribution is 2.29. The Morgan fingerprint density at radius 1 is 1.34 bits per heavy atom. The van der Waals surface area contributed by atoms with E-state index in [0.717, 1.165) is 5.56 Å². The quantitative estimate of drug-likeness (QED) is 0.661. The number of hydrogen-bond donors (Lipinski definition) is 1. The van der Waals surface area contributed by atoms with Crippen molar-refractivity contribution in [3.05, 3.63) is 51.6 Å². The second-order valence-corrected chi connectivity index (χ2v) is 7.44. The van der Waals surface area contributed by atoms with E-state index in [1.54, 1.807) is 11.8 Å². The molecule has 1 atom stereocenters. The number of fused-ring (bicyclic) bond motifs is 1. The van der Waals surface area contributed by atoms with Crippen molar-refractivity contribution in [2.24, 2.45) is 0 Å². The third kappa shape index (κ3) is 3.93. The van der Waals surface area contributed by atoms with Crippen molar-refractivity contribution < 1.29 is 14.3 Å². The minimum absolute atomic E-state index is 0.0904. The first kappa shape index (κ1) is 19.7. The van der Waals surface area contributed by atoms with Gasteiger partial charge in [-0.2, -0.15) is 0 Å². The summed E-state index contributed by atoms with van der Waals surface area (Å²) in [5.41, 5.74) is 1.95. The van der Waals surface area contributed by atoms with Gasteiger partial charge in [0, 0.05) is 20.2 Å². The number of aliphatic hydroxyl groups excluding tert-OH is 1. The second-order valence-electron chi connectivity index (χ2n) is 7.44. The second kappa shape index (κ2) is 8.40. The molecule has 0 saturated carbocycles. The van der Waals surface area contributed by atoms with E-state index in [2.05, 4.69) is 20.4 Å².